The second-order valence-corrected chi connectivity index (χ2v) is 3.11. The summed E-state index contributed by atoms with van der Waals surface area (Å²) in [5.41, 5.74) is 0. The van der Waals surface area contributed by atoms with E-state index in [1.807, 2.05) is 0 Å². The second kappa shape index (κ2) is 3.94. The van der Waals surface area contributed by atoms with E-state index in [1.54, 1.807) is 0 Å². The van der Waals surface area contributed by atoms with Crippen LogP contribution in [-0.4, -0.2) is 25.8 Å². The Labute approximate surface area is 63.0 Å². The van der Waals surface area contributed by atoms with Crippen molar-refractivity contribution in [3.8, 4) is 0 Å². The molecule has 2 atom stereocenters. The molecule has 0 saturated carbocycles. The second-order valence-electron chi connectivity index (χ2n) is 3.11. The highest BCUT2D eigenvalue weighted by atomic mass is 16.5. The average molecular weight is 143 g/mol. The summed E-state index contributed by atoms with van der Waals surface area (Å²) in [5, 5.41) is 3.39. The molecule has 0 aromatic rings. The average Bonchev–Trinajstić information content (AvgIpc) is 1.92. The Bertz CT molecular complexity index is 83.3. The molecule has 1 aliphatic rings. The molecular weight excluding hydrogens is 126 g/mol. The van der Waals surface area contributed by atoms with Gasteiger partial charge in [-0.05, 0) is 25.8 Å². The fourth-order valence-electron chi connectivity index (χ4n) is 1.13. The molecule has 0 aromatic heterocycles. The molecule has 0 spiro atoms. The Morgan fingerprint density at radius 1 is 1.40 bits per heavy atom. The van der Waals surface area contributed by atoms with Crippen LogP contribution >= 0.6 is 0 Å². The Balaban J connectivity index is 2.28. The molecule has 1 fully saturated rings. The molecule has 1 saturated heterocycles. The van der Waals surface area contributed by atoms with Crippen LogP contribution in [0.5, 0.6) is 0 Å². The lowest BCUT2D eigenvalue weighted by Gasteiger charge is -2.23. The molecule has 0 amide bonds. The minimum atomic E-state index is 0.424. The fourth-order valence-corrected chi connectivity index (χ4v) is 1.13. The van der Waals surface area contributed by atoms with Crippen molar-refractivity contribution in [1.82, 2.24) is 5.32 Å². The highest BCUT2D eigenvalue weighted by Crippen LogP contribution is 2.07. The zero-order chi connectivity index (χ0) is 7.40. The molecule has 0 radical (unpaired) electrons. The van der Waals surface area contributed by atoms with Gasteiger partial charge < -0.3 is 10.1 Å². The van der Waals surface area contributed by atoms with Gasteiger partial charge in [0.25, 0.3) is 0 Å². The predicted octanol–water partition coefficient (Wildman–Crippen LogP) is 1.02. The molecule has 1 rings (SSSR count). The summed E-state index contributed by atoms with van der Waals surface area (Å²) < 4.78 is 5.56. The lowest BCUT2D eigenvalue weighted by Crippen LogP contribution is -2.33. The monoisotopic (exact) mass is 143 g/mol. The van der Waals surface area contributed by atoms with Crippen molar-refractivity contribution in [1.29, 1.82) is 0 Å². The summed E-state index contributed by atoms with van der Waals surface area (Å²) in [4.78, 5) is 0. The van der Waals surface area contributed by atoms with Crippen LogP contribution < -0.4 is 5.32 Å². The van der Waals surface area contributed by atoms with E-state index < -0.39 is 0 Å². The van der Waals surface area contributed by atoms with Gasteiger partial charge in [0.1, 0.15) is 0 Å². The lowest BCUT2D eigenvalue weighted by atomic mass is 10.1. The third kappa shape index (κ3) is 2.27. The van der Waals surface area contributed by atoms with E-state index in [9.17, 15) is 0 Å². The molecule has 2 unspecified atom stereocenters. The standard InChI is InChI=1S/C8H17NO/c1-7-6-9-4-3-5-10-8(7)2/h7-9H,3-6H2,1-2H3. The largest absolute Gasteiger partial charge is 0.378 e. The normalized spacial score (nSPS) is 36.6. The molecule has 1 aliphatic heterocycles. The van der Waals surface area contributed by atoms with Gasteiger partial charge in [-0.1, -0.05) is 6.92 Å². The van der Waals surface area contributed by atoms with Gasteiger partial charge in [-0.25, -0.2) is 0 Å². The SMILES string of the molecule is CC1CNCCCOC1C. The van der Waals surface area contributed by atoms with Crippen LogP contribution in [0, 0.1) is 5.92 Å². The van der Waals surface area contributed by atoms with Gasteiger partial charge in [-0.3, -0.25) is 0 Å². The minimum Gasteiger partial charge on any atom is -0.378 e. The van der Waals surface area contributed by atoms with Crippen LogP contribution in [0.15, 0.2) is 0 Å². The van der Waals surface area contributed by atoms with Gasteiger partial charge in [-0.2, -0.15) is 0 Å². The molecule has 1 heterocycles. The zero-order valence-corrected chi connectivity index (χ0v) is 6.89. The molecule has 2 nitrogen and oxygen atoms in total. The van der Waals surface area contributed by atoms with Crippen molar-refractivity contribution < 1.29 is 4.74 Å². The van der Waals surface area contributed by atoms with Gasteiger partial charge >= 0.3 is 0 Å². The Morgan fingerprint density at radius 2 is 2.20 bits per heavy atom. The predicted molar refractivity (Wildman–Crippen MR) is 42.1 cm³/mol. The van der Waals surface area contributed by atoms with Crippen LogP contribution in [0.3, 0.4) is 0 Å². The van der Waals surface area contributed by atoms with E-state index in [1.165, 1.54) is 0 Å². The lowest BCUT2D eigenvalue weighted by molar-refractivity contribution is 0.0208. The van der Waals surface area contributed by atoms with E-state index in [0.29, 0.717) is 12.0 Å². The van der Waals surface area contributed by atoms with Crippen molar-refractivity contribution in [2.45, 2.75) is 26.4 Å². The highest BCUT2D eigenvalue weighted by molar-refractivity contribution is 4.66. The van der Waals surface area contributed by atoms with Crippen molar-refractivity contribution in [2.75, 3.05) is 19.7 Å². The first-order chi connectivity index (χ1) is 4.80. The molecular formula is C8H17NO. The highest BCUT2D eigenvalue weighted by Gasteiger charge is 2.13. The van der Waals surface area contributed by atoms with Crippen LogP contribution in [0.1, 0.15) is 20.3 Å². The summed E-state index contributed by atoms with van der Waals surface area (Å²) in [7, 11) is 0. The van der Waals surface area contributed by atoms with Crippen molar-refractivity contribution in [3.63, 3.8) is 0 Å². The maximum absolute atomic E-state index is 5.56. The third-order valence-corrected chi connectivity index (χ3v) is 2.15. The van der Waals surface area contributed by atoms with E-state index in [0.717, 1.165) is 26.1 Å². The summed E-state index contributed by atoms with van der Waals surface area (Å²) >= 11 is 0. The number of hydrogen-bond acceptors (Lipinski definition) is 2. The molecule has 0 aliphatic carbocycles. The first-order valence-corrected chi connectivity index (χ1v) is 4.13. The van der Waals surface area contributed by atoms with Gasteiger partial charge in [0.05, 0.1) is 6.10 Å². The van der Waals surface area contributed by atoms with Crippen LogP contribution in [0.25, 0.3) is 0 Å². The fraction of sp³-hybridized carbons (Fsp3) is 1.00. The first-order valence-electron chi connectivity index (χ1n) is 4.13. The van der Waals surface area contributed by atoms with Gasteiger partial charge in [-0.15, -0.1) is 0 Å². The van der Waals surface area contributed by atoms with E-state index in [2.05, 4.69) is 19.2 Å². The van der Waals surface area contributed by atoms with Gasteiger partial charge in [0, 0.05) is 13.2 Å². The summed E-state index contributed by atoms with van der Waals surface area (Å²) in [6.07, 6.45) is 1.57. The summed E-state index contributed by atoms with van der Waals surface area (Å²) in [6.45, 7) is 7.50. The first kappa shape index (κ1) is 8.02. The quantitative estimate of drug-likeness (QED) is 0.546. The molecule has 1 N–H and O–H groups in total. The topological polar surface area (TPSA) is 21.3 Å². The molecule has 0 aromatic carbocycles. The van der Waals surface area contributed by atoms with Gasteiger partial charge in [0.2, 0.25) is 0 Å². The Kier molecular flexibility index (Phi) is 3.16. The Morgan fingerprint density at radius 3 is 3.00 bits per heavy atom. The van der Waals surface area contributed by atoms with Crippen LogP contribution in [0.4, 0.5) is 0 Å². The molecule has 2 heteroatoms. The van der Waals surface area contributed by atoms with Crippen LogP contribution in [-0.2, 0) is 4.74 Å². The molecule has 60 valence electrons. The number of ether oxygens (including phenoxy) is 1. The zero-order valence-electron chi connectivity index (χ0n) is 6.89. The number of hydrogen-bond donors (Lipinski definition) is 1. The third-order valence-electron chi connectivity index (χ3n) is 2.15. The molecule has 10 heavy (non-hydrogen) atoms. The van der Waals surface area contributed by atoms with Crippen molar-refractivity contribution >= 4 is 0 Å². The summed E-state index contributed by atoms with van der Waals surface area (Å²) in [5.74, 6) is 0.653. The number of nitrogens with one attached hydrogen (secondary N) is 1. The Hall–Kier alpha value is -0.0800. The molecule has 0 bridgehead atoms. The maximum Gasteiger partial charge on any atom is 0.0584 e. The van der Waals surface area contributed by atoms with E-state index in [-0.39, 0.29) is 0 Å². The van der Waals surface area contributed by atoms with Gasteiger partial charge in [0.15, 0.2) is 0 Å². The smallest absolute Gasteiger partial charge is 0.0584 e. The van der Waals surface area contributed by atoms with Crippen molar-refractivity contribution in [2.24, 2.45) is 5.92 Å². The minimum absolute atomic E-state index is 0.424. The number of rotatable bonds is 0. The van der Waals surface area contributed by atoms with E-state index in [4.69, 9.17) is 4.74 Å². The summed E-state index contributed by atoms with van der Waals surface area (Å²) in [6, 6.07) is 0. The maximum atomic E-state index is 5.56. The van der Waals surface area contributed by atoms with Crippen molar-refractivity contribution in [3.05, 3.63) is 0 Å². The van der Waals surface area contributed by atoms with Crippen LogP contribution in [0.2, 0.25) is 0 Å². The van der Waals surface area contributed by atoms with E-state index >= 15 is 0 Å².